The summed E-state index contributed by atoms with van der Waals surface area (Å²) in [5, 5.41) is 2.49. The van der Waals surface area contributed by atoms with Gasteiger partial charge in [0.25, 0.3) is 0 Å². The fraction of sp³-hybridized carbons (Fsp3) is 0.0161. The molecule has 1 aromatic heterocycles. The SMILES string of the molecule is c1ccc(-c2cccc(-c3nc(-c4cccc(-c5ccccc5)c4)nc(-c4ccc5c(c4)C4(c6ccccc6-c6ccccc6-5)c5ccccc5-c5c4ccc4ccccc54)n3)c2)cc1. The van der Waals surface area contributed by atoms with E-state index < -0.39 is 5.41 Å². The molecular weight excluding hydrogens is 787 g/mol. The van der Waals surface area contributed by atoms with E-state index in [4.69, 9.17) is 15.0 Å². The third kappa shape index (κ3) is 5.79. The van der Waals surface area contributed by atoms with Gasteiger partial charge in [-0.15, -0.1) is 0 Å². The molecule has 3 nitrogen and oxygen atoms in total. The van der Waals surface area contributed by atoms with Gasteiger partial charge in [0, 0.05) is 16.7 Å². The van der Waals surface area contributed by atoms with Gasteiger partial charge in [0.1, 0.15) is 0 Å². The summed E-state index contributed by atoms with van der Waals surface area (Å²) >= 11 is 0. The Morgan fingerprint density at radius 3 is 1.31 bits per heavy atom. The van der Waals surface area contributed by atoms with Crippen molar-refractivity contribution in [3.63, 3.8) is 0 Å². The zero-order chi connectivity index (χ0) is 42.9. The third-order valence-corrected chi connectivity index (χ3v) is 13.5. The second-order valence-electron chi connectivity index (χ2n) is 17.1. The lowest BCUT2D eigenvalue weighted by Crippen LogP contribution is -2.29. The van der Waals surface area contributed by atoms with Crippen molar-refractivity contribution in [2.75, 3.05) is 0 Å². The van der Waals surface area contributed by atoms with Crippen LogP contribution in [0.1, 0.15) is 22.3 Å². The van der Waals surface area contributed by atoms with Gasteiger partial charge in [0.15, 0.2) is 17.5 Å². The van der Waals surface area contributed by atoms with Gasteiger partial charge in [-0.05, 0) is 107 Å². The van der Waals surface area contributed by atoms with Crippen LogP contribution in [0.3, 0.4) is 0 Å². The lowest BCUT2D eigenvalue weighted by Gasteiger charge is -2.35. The van der Waals surface area contributed by atoms with Crippen molar-refractivity contribution in [2.24, 2.45) is 0 Å². The second kappa shape index (κ2) is 14.8. The molecule has 0 saturated heterocycles. The maximum atomic E-state index is 5.40. The molecule has 1 spiro atoms. The van der Waals surface area contributed by atoms with Gasteiger partial charge in [-0.1, -0.05) is 218 Å². The minimum atomic E-state index is -0.663. The van der Waals surface area contributed by atoms with Gasteiger partial charge in [-0.2, -0.15) is 0 Å². The van der Waals surface area contributed by atoms with Crippen LogP contribution in [-0.2, 0) is 5.41 Å². The van der Waals surface area contributed by atoms with E-state index in [2.05, 4.69) is 224 Å². The molecule has 0 radical (unpaired) electrons. The molecular formula is C62H39N3. The number of rotatable bonds is 5. The number of hydrogen-bond donors (Lipinski definition) is 0. The van der Waals surface area contributed by atoms with Crippen molar-refractivity contribution in [3.8, 4) is 89.8 Å². The van der Waals surface area contributed by atoms with E-state index in [0.717, 1.165) is 38.9 Å². The van der Waals surface area contributed by atoms with Crippen LogP contribution in [0.4, 0.5) is 0 Å². The van der Waals surface area contributed by atoms with Crippen LogP contribution >= 0.6 is 0 Å². The molecule has 2 aliphatic rings. The Bertz CT molecular complexity index is 3570. The molecule has 13 rings (SSSR count). The average molecular weight is 826 g/mol. The fourth-order valence-electron chi connectivity index (χ4n) is 10.7. The summed E-state index contributed by atoms with van der Waals surface area (Å²) in [6.07, 6.45) is 0. The number of nitrogens with zero attached hydrogens (tertiary/aromatic N) is 3. The molecule has 1 heterocycles. The Hall–Kier alpha value is -8.53. The molecule has 1 unspecified atom stereocenters. The predicted molar refractivity (Wildman–Crippen MR) is 266 cm³/mol. The standard InChI is InChI=1S/C62H39N3/c1-3-17-40(18-4-1)43-22-15-24-45(37-43)59-63-60(46-25-16-23-44(38-46)41-19-5-2-6-20-41)65-61(64-59)47-33-35-52-50-28-10-9-27-49(50)51-29-11-13-31-54(51)62(57(52)39-47)55-32-14-12-30-53(55)58-48-26-8-7-21-42(48)34-36-56(58)62/h1-39H. The molecule has 0 saturated carbocycles. The lowest BCUT2D eigenvalue weighted by molar-refractivity contribution is 0.776. The van der Waals surface area contributed by atoms with E-state index in [1.165, 1.54) is 66.4 Å². The molecule has 3 heteroatoms. The number of benzene rings is 10. The van der Waals surface area contributed by atoms with Crippen LogP contribution < -0.4 is 0 Å². The molecule has 0 amide bonds. The van der Waals surface area contributed by atoms with Crippen LogP contribution in [-0.4, -0.2) is 15.0 Å². The highest BCUT2D eigenvalue weighted by Crippen LogP contribution is 2.62. The van der Waals surface area contributed by atoms with Crippen molar-refractivity contribution in [3.05, 3.63) is 259 Å². The van der Waals surface area contributed by atoms with Crippen molar-refractivity contribution in [2.45, 2.75) is 5.41 Å². The summed E-state index contributed by atoms with van der Waals surface area (Å²) in [5.41, 5.74) is 19.0. The molecule has 0 fully saturated rings. The first kappa shape index (κ1) is 37.1. The summed E-state index contributed by atoms with van der Waals surface area (Å²) in [5.74, 6) is 1.86. The van der Waals surface area contributed by atoms with E-state index in [1.807, 2.05) is 12.1 Å². The monoisotopic (exact) mass is 825 g/mol. The Morgan fingerprint density at radius 1 is 0.246 bits per heavy atom. The number of hydrogen-bond acceptors (Lipinski definition) is 3. The Morgan fingerprint density at radius 2 is 0.692 bits per heavy atom. The zero-order valence-electron chi connectivity index (χ0n) is 35.4. The largest absolute Gasteiger partial charge is 0.208 e. The molecule has 0 N–H and O–H groups in total. The first-order valence-corrected chi connectivity index (χ1v) is 22.3. The van der Waals surface area contributed by atoms with Gasteiger partial charge in [0.2, 0.25) is 0 Å². The van der Waals surface area contributed by atoms with Crippen LogP contribution in [0.25, 0.3) is 101 Å². The van der Waals surface area contributed by atoms with Crippen LogP contribution in [0.15, 0.2) is 237 Å². The van der Waals surface area contributed by atoms with Gasteiger partial charge in [-0.3, -0.25) is 0 Å². The minimum Gasteiger partial charge on any atom is -0.208 e. The highest BCUT2D eigenvalue weighted by atomic mass is 15.0. The van der Waals surface area contributed by atoms with Crippen molar-refractivity contribution in [1.29, 1.82) is 0 Å². The maximum Gasteiger partial charge on any atom is 0.164 e. The van der Waals surface area contributed by atoms with Gasteiger partial charge < -0.3 is 0 Å². The Balaban J connectivity index is 1.10. The summed E-state index contributed by atoms with van der Waals surface area (Å²) in [6.45, 7) is 0. The van der Waals surface area contributed by atoms with Crippen LogP contribution in [0, 0.1) is 0 Å². The minimum absolute atomic E-state index is 0.619. The molecule has 11 aromatic rings. The molecule has 0 aliphatic heterocycles. The Kier molecular flexibility index (Phi) is 8.44. The lowest BCUT2D eigenvalue weighted by atomic mass is 9.65. The van der Waals surface area contributed by atoms with Crippen molar-refractivity contribution in [1.82, 2.24) is 15.0 Å². The summed E-state index contributed by atoms with van der Waals surface area (Å²) in [7, 11) is 0. The van der Waals surface area contributed by atoms with Crippen LogP contribution in [0.5, 0.6) is 0 Å². The average Bonchev–Trinajstić information content (AvgIpc) is 3.64. The molecule has 10 aromatic carbocycles. The maximum absolute atomic E-state index is 5.40. The molecule has 302 valence electrons. The third-order valence-electron chi connectivity index (χ3n) is 13.5. The first-order valence-electron chi connectivity index (χ1n) is 22.3. The summed E-state index contributed by atoms with van der Waals surface area (Å²) in [6, 6.07) is 85.5. The number of aromatic nitrogens is 3. The Labute approximate surface area is 378 Å². The zero-order valence-corrected chi connectivity index (χ0v) is 35.4. The molecule has 65 heavy (non-hydrogen) atoms. The molecule has 0 bridgehead atoms. The normalized spacial score (nSPS) is 14.2. The summed E-state index contributed by atoms with van der Waals surface area (Å²) < 4.78 is 0. The topological polar surface area (TPSA) is 38.7 Å². The van der Waals surface area contributed by atoms with Gasteiger partial charge in [-0.25, -0.2) is 15.0 Å². The molecule has 2 aliphatic carbocycles. The smallest absolute Gasteiger partial charge is 0.164 e. The quantitative estimate of drug-likeness (QED) is 0.173. The fourth-order valence-corrected chi connectivity index (χ4v) is 10.7. The van der Waals surface area contributed by atoms with Crippen molar-refractivity contribution < 1.29 is 0 Å². The van der Waals surface area contributed by atoms with E-state index in [-0.39, 0.29) is 0 Å². The molecule has 1 atom stereocenters. The van der Waals surface area contributed by atoms with E-state index in [0.29, 0.717) is 17.5 Å². The van der Waals surface area contributed by atoms with Gasteiger partial charge >= 0.3 is 0 Å². The summed E-state index contributed by atoms with van der Waals surface area (Å²) in [4.78, 5) is 16.1. The first-order chi connectivity index (χ1) is 32.2. The van der Waals surface area contributed by atoms with Gasteiger partial charge in [0.05, 0.1) is 5.41 Å². The van der Waals surface area contributed by atoms with E-state index in [9.17, 15) is 0 Å². The van der Waals surface area contributed by atoms with Crippen LogP contribution in [0.2, 0.25) is 0 Å². The van der Waals surface area contributed by atoms with Crippen molar-refractivity contribution >= 4 is 10.8 Å². The second-order valence-corrected chi connectivity index (χ2v) is 17.1. The highest BCUT2D eigenvalue weighted by molar-refractivity contribution is 6.06. The highest BCUT2D eigenvalue weighted by Gasteiger charge is 2.50. The predicted octanol–water partition coefficient (Wildman–Crippen LogP) is 15.4. The van der Waals surface area contributed by atoms with E-state index >= 15 is 0 Å². The van der Waals surface area contributed by atoms with E-state index in [1.54, 1.807) is 0 Å². The number of fused-ring (bicyclic) bond motifs is 14.